The molecule has 0 radical (unpaired) electrons. The Labute approximate surface area is 187 Å². The fourth-order valence-corrected chi connectivity index (χ4v) is 4.16. The number of hydrogen-bond acceptors (Lipinski definition) is 5. The molecule has 160 valence electrons. The van der Waals surface area contributed by atoms with Crippen LogP contribution in [0.15, 0.2) is 78.9 Å². The fourth-order valence-electron chi connectivity index (χ4n) is 4.16. The van der Waals surface area contributed by atoms with E-state index in [9.17, 15) is 4.79 Å². The van der Waals surface area contributed by atoms with Crippen LogP contribution >= 0.6 is 0 Å². The van der Waals surface area contributed by atoms with Crippen LogP contribution < -0.4 is 9.64 Å². The third-order valence-electron chi connectivity index (χ3n) is 5.92. The monoisotopic (exact) mass is 424 g/mol. The second-order valence-corrected chi connectivity index (χ2v) is 7.81. The molecular weight excluding hydrogens is 400 g/mol. The average Bonchev–Trinajstić information content (AvgIpc) is 2.88. The maximum atomic E-state index is 12.8. The molecule has 1 aliphatic heterocycles. The molecule has 6 nitrogen and oxygen atoms in total. The standard InChI is InChI=1S/C26H24N4O2/c1-32-21-9-4-8-20(18-21)26(31)30-16-14-29(15-17-30)25-13-12-24(27-28-25)23-11-5-7-19-6-2-3-10-22(19)23/h2-13,18H,14-17H2,1H3. The number of carbonyl (C=O) groups excluding carboxylic acids is 1. The molecule has 1 fully saturated rings. The number of ether oxygens (including phenoxy) is 1. The van der Waals surface area contributed by atoms with Gasteiger partial charge in [0.05, 0.1) is 12.8 Å². The van der Waals surface area contributed by atoms with Crippen LogP contribution in [0.5, 0.6) is 5.75 Å². The number of rotatable bonds is 4. The second-order valence-electron chi connectivity index (χ2n) is 7.81. The molecule has 1 saturated heterocycles. The Morgan fingerprint density at radius 3 is 2.41 bits per heavy atom. The van der Waals surface area contributed by atoms with Gasteiger partial charge in [0.1, 0.15) is 5.75 Å². The van der Waals surface area contributed by atoms with Gasteiger partial charge in [-0.15, -0.1) is 10.2 Å². The molecule has 0 aliphatic carbocycles. The van der Waals surface area contributed by atoms with Gasteiger partial charge in [-0.3, -0.25) is 4.79 Å². The molecule has 32 heavy (non-hydrogen) atoms. The van der Waals surface area contributed by atoms with E-state index < -0.39 is 0 Å². The van der Waals surface area contributed by atoms with Crippen molar-refractivity contribution < 1.29 is 9.53 Å². The van der Waals surface area contributed by atoms with Crippen molar-refractivity contribution in [3.05, 3.63) is 84.4 Å². The first kappa shape index (κ1) is 20.0. The third-order valence-corrected chi connectivity index (χ3v) is 5.92. The first-order valence-electron chi connectivity index (χ1n) is 10.7. The lowest BCUT2D eigenvalue weighted by Crippen LogP contribution is -2.49. The van der Waals surface area contributed by atoms with Gasteiger partial charge in [-0.2, -0.15) is 0 Å². The van der Waals surface area contributed by atoms with E-state index >= 15 is 0 Å². The molecule has 1 aromatic heterocycles. The summed E-state index contributed by atoms with van der Waals surface area (Å²) in [5.41, 5.74) is 2.59. The van der Waals surface area contributed by atoms with Crippen molar-refractivity contribution in [2.45, 2.75) is 0 Å². The molecule has 0 unspecified atom stereocenters. The quantitative estimate of drug-likeness (QED) is 0.490. The van der Waals surface area contributed by atoms with Crippen LogP contribution in [-0.2, 0) is 0 Å². The molecule has 0 N–H and O–H groups in total. The summed E-state index contributed by atoms with van der Waals surface area (Å²) < 4.78 is 5.24. The number of amides is 1. The van der Waals surface area contributed by atoms with Crippen LogP contribution in [0.2, 0.25) is 0 Å². The van der Waals surface area contributed by atoms with E-state index in [1.165, 1.54) is 10.8 Å². The van der Waals surface area contributed by atoms with Crippen LogP contribution in [0, 0.1) is 0 Å². The SMILES string of the molecule is COc1cccc(C(=O)N2CCN(c3ccc(-c4cccc5ccccc45)nn3)CC2)c1. The summed E-state index contributed by atoms with van der Waals surface area (Å²) in [4.78, 5) is 16.9. The Morgan fingerprint density at radius 1 is 0.844 bits per heavy atom. The van der Waals surface area contributed by atoms with E-state index in [1.807, 2.05) is 53.4 Å². The average molecular weight is 425 g/mol. The van der Waals surface area contributed by atoms with Gasteiger partial charge >= 0.3 is 0 Å². The summed E-state index contributed by atoms with van der Waals surface area (Å²) in [6.45, 7) is 2.72. The molecule has 3 aromatic carbocycles. The van der Waals surface area contributed by atoms with Crippen molar-refractivity contribution in [3.63, 3.8) is 0 Å². The molecule has 6 heteroatoms. The Morgan fingerprint density at radius 2 is 1.62 bits per heavy atom. The molecule has 1 amide bonds. The number of hydrogen-bond donors (Lipinski definition) is 0. The van der Waals surface area contributed by atoms with E-state index in [0.29, 0.717) is 24.4 Å². The van der Waals surface area contributed by atoms with Gasteiger partial charge in [-0.25, -0.2) is 0 Å². The maximum Gasteiger partial charge on any atom is 0.254 e. The number of anilines is 1. The topological polar surface area (TPSA) is 58.6 Å². The smallest absolute Gasteiger partial charge is 0.254 e. The zero-order valence-electron chi connectivity index (χ0n) is 17.9. The van der Waals surface area contributed by atoms with Crippen LogP contribution in [0.1, 0.15) is 10.4 Å². The first-order chi connectivity index (χ1) is 15.7. The lowest BCUT2D eigenvalue weighted by Gasteiger charge is -2.35. The van der Waals surface area contributed by atoms with Crippen molar-refractivity contribution in [3.8, 4) is 17.0 Å². The molecule has 2 heterocycles. The predicted octanol–water partition coefficient (Wildman–Crippen LogP) is 4.27. The van der Waals surface area contributed by atoms with Gasteiger partial charge in [0.25, 0.3) is 5.91 Å². The van der Waals surface area contributed by atoms with Crippen molar-refractivity contribution in [1.82, 2.24) is 15.1 Å². The van der Waals surface area contributed by atoms with Crippen molar-refractivity contribution in [2.75, 3.05) is 38.2 Å². The van der Waals surface area contributed by atoms with Crippen LogP contribution in [0.4, 0.5) is 5.82 Å². The Hall–Kier alpha value is -3.93. The minimum atomic E-state index is 0.0286. The lowest BCUT2D eigenvalue weighted by molar-refractivity contribution is 0.0746. The molecule has 4 aromatic rings. The Bertz CT molecular complexity index is 1240. The number of aromatic nitrogens is 2. The molecule has 5 rings (SSSR count). The lowest BCUT2D eigenvalue weighted by atomic mass is 10.0. The highest BCUT2D eigenvalue weighted by Crippen LogP contribution is 2.27. The number of fused-ring (bicyclic) bond motifs is 1. The van der Waals surface area contributed by atoms with E-state index in [2.05, 4.69) is 39.4 Å². The van der Waals surface area contributed by atoms with Gasteiger partial charge in [0.15, 0.2) is 5.82 Å². The third kappa shape index (κ3) is 3.87. The second kappa shape index (κ2) is 8.67. The molecule has 0 atom stereocenters. The molecule has 0 spiro atoms. The number of nitrogens with zero attached hydrogens (tertiary/aromatic N) is 4. The Kier molecular flexibility index (Phi) is 5.42. The summed E-state index contributed by atoms with van der Waals surface area (Å²) in [5, 5.41) is 11.4. The first-order valence-corrected chi connectivity index (χ1v) is 10.7. The molecular formula is C26H24N4O2. The van der Waals surface area contributed by atoms with E-state index in [1.54, 1.807) is 13.2 Å². The van der Waals surface area contributed by atoms with E-state index in [4.69, 9.17) is 4.74 Å². The van der Waals surface area contributed by atoms with Gasteiger partial charge in [0.2, 0.25) is 0 Å². The highest BCUT2D eigenvalue weighted by molar-refractivity contribution is 5.96. The van der Waals surface area contributed by atoms with Gasteiger partial charge in [-0.05, 0) is 41.1 Å². The molecule has 0 saturated carbocycles. The predicted molar refractivity (Wildman–Crippen MR) is 126 cm³/mol. The largest absolute Gasteiger partial charge is 0.497 e. The minimum Gasteiger partial charge on any atom is -0.497 e. The Balaban J connectivity index is 1.27. The zero-order chi connectivity index (χ0) is 21.9. The van der Waals surface area contributed by atoms with Crippen LogP contribution in [0.25, 0.3) is 22.0 Å². The molecule has 0 bridgehead atoms. The van der Waals surface area contributed by atoms with Crippen LogP contribution in [0.3, 0.4) is 0 Å². The summed E-state index contributed by atoms with van der Waals surface area (Å²) in [7, 11) is 1.61. The van der Waals surface area contributed by atoms with E-state index in [0.717, 1.165) is 30.2 Å². The highest BCUT2D eigenvalue weighted by Gasteiger charge is 2.23. The minimum absolute atomic E-state index is 0.0286. The number of piperazine rings is 1. The zero-order valence-corrected chi connectivity index (χ0v) is 17.9. The van der Waals surface area contributed by atoms with Crippen molar-refractivity contribution in [2.24, 2.45) is 0 Å². The van der Waals surface area contributed by atoms with Crippen molar-refractivity contribution in [1.29, 1.82) is 0 Å². The van der Waals surface area contributed by atoms with Gasteiger partial charge in [0, 0.05) is 37.3 Å². The number of benzene rings is 3. The van der Waals surface area contributed by atoms with Crippen molar-refractivity contribution >= 4 is 22.5 Å². The number of carbonyl (C=O) groups is 1. The number of methoxy groups -OCH3 is 1. The van der Waals surface area contributed by atoms with Crippen LogP contribution in [-0.4, -0.2) is 54.3 Å². The normalized spacial score (nSPS) is 13.9. The van der Waals surface area contributed by atoms with Gasteiger partial charge in [-0.1, -0.05) is 48.5 Å². The summed E-state index contributed by atoms with van der Waals surface area (Å²) in [6, 6.07) is 25.9. The van der Waals surface area contributed by atoms with E-state index in [-0.39, 0.29) is 5.91 Å². The fraction of sp³-hybridized carbons (Fsp3) is 0.192. The summed E-state index contributed by atoms with van der Waals surface area (Å²) in [6.07, 6.45) is 0. The summed E-state index contributed by atoms with van der Waals surface area (Å²) >= 11 is 0. The molecule has 1 aliphatic rings. The highest BCUT2D eigenvalue weighted by atomic mass is 16.5. The summed E-state index contributed by atoms with van der Waals surface area (Å²) in [5.74, 6) is 1.56. The van der Waals surface area contributed by atoms with Gasteiger partial charge < -0.3 is 14.5 Å². The maximum absolute atomic E-state index is 12.8.